The Balaban J connectivity index is 2.10. The molecule has 1 atom stereocenters. The maximum Gasteiger partial charge on any atom is -0.000812 e. The highest BCUT2D eigenvalue weighted by Gasteiger charge is 2.43. The molecule has 0 heterocycles. The lowest BCUT2D eigenvalue weighted by Gasteiger charge is -2.48. The number of nitrogens with two attached hydrogens (primary N) is 1. The van der Waals surface area contributed by atoms with E-state index in [1.54, 1.807) is 11.1 Å². The van der Waals surface area contributed by atoms with Crippen molar-refractivity contribution >= 4 is 0 Å². The van der Waals surface area contributed by atoms with E-state index in [1.165, 1.54) is 37.7 Å². The van der Waals surface area contributed by atoms with Gasteiger partial charge in [-0.2, -0.15) is 0 Å². The molecule has 1 nitrogen and oxygen atoms in total. The Morgan fingerprint density at radius 3 is 2.75 bits per heavy atom. The molecule has 0 saturated heterocycles. The zero-order chi connectivity index (χ0) is 11.2. The van der Waals surface area contributed by atoms with Crippen LogP contribution in [0.15, 0.2) is 18.2 Å². The molecule has 0 radical (unpaired) electrons. The third kappa shape index (κ3) is 1.34. The van der Waals surface area contributed by atoms with Gasteiger partial charge < -0.3 is 5.73 Å². The number of aryl methyl sites for hydroxylation is 1. The second kappa shape index (κ2) is 3.59. The van der Waals surface area contributed by atoms with Crippen LogP contribution in [0.4, 0.5) is 0 Å². The summed E-state index contributed by atoms with van der Waals surface area (Å²) in [7, 11) is 0. The predicted octanol–water partition coefficient (Wildman–Crippen LogP) is 3.25. The number of rotatable bonds is 1. The van der Waals surface area contributed by atoms with E-state index in [4.69, 9.17) is 5.73 Å². The Labute approximate surface area is 98.0 Å². The van der Waals surface area contributed by atoms with E-state index < -0.39 is 0 Å². The van der Waals surface area contributed by atoms with Gasteiger partial charge in [-0.3, -0.25) is 0 Å². The second-order valence-electron chi connectivity index (χ2n) is 5.70. The van der Waals surface area contributed by atoms with Gasteiger partial charge in [0.1, 0.15) is 0 Å². The van der Waals surface area contributed by atoms with Crippen molar-refractivity contribution in [3.8, 4) is 0 Å². The first-order valence-electron chi connectivity index (χ1n) is 6.56. The van der Waals surface area contributed by atoms with Crippen molar-refractivity contribution in [1.82, 2.24) is 0 Å². The lowest BCUT2D eigenvalue weighted by atomic mass is 9.56. The van der Waals surface area contributed by atoms with Crippen LogP contribution in [0.5, 0.6) is 0 Å². The average Bonchev–Trinajstić information content (AvgIpc) is 2.25. The van der Waals surface area contributed by atoms with Crippen LogP contribution in [-0.2, 0) is 5.41 Å². The van der Waals surface area contributed by atoms with Gasteiger partial charge in [0, 0.05) is 0 Å². The van der Waals surface area contributed by atoms with Gasteiger partial charge in [0.05, 0.1) is 0 Å². The third-order valence-electron chi connectivity index (χ3n) is 4.78. The van der Waals surface area contributed by atoms with Crippen molar-refractivity contribution in [1.29, 1.82) is 0 Å². The molecule has 1 spiro atoms. The van der Waals surface area contributed by atoms with Crippen LogP contribution in [0, 0.1) is 6.92 Å². The Hall–Kier alpha value is -0.820. The Morgan fingerprint density at radius 2 is 2.12 bits per heavy atom. The zero-order valence-electron chi connectivity index (χ0n) is 10.1. The van der Waals surface area contributed by atoms with Crippen LogP contribution < -0.4 is 5.73 Å². The van der Waals surface area contributed by atoms with Gasteiger partial charge in [-0.25, -0.2) is 0 Å². The van der Waals surface area contributed by atoms with Gasteiger partial charge in [-0.15, -0.1) is 0 Å². The van der Waals surface area contributed by atoms with Gasteiger partial charge in [0.25, 0.3) is 0 Å². The summed E-state index contributed by atoms with van der Waals surface area (Å²) in [4.78, 5) is 0. The molecule has 1 unspecified atom stereocenters. The van der Waals surface area contributed by atoms with Gasteiger partial charge in [-0.05, 0) is 61.6 Å². The minimum atomic E-state index is 0.550. The van der Waals surface area contributed by atoms with Crippen LogP contribution in [-0.4, -0.2) is 6.54 Å². The van der Waals surface area contributed by atoms with E-state index in [0.29, 0.717) is 11.3 Å². The second-order valence-corrected chi connectivity index (χ2v) is 5.70. The molecule has 1 aromatic rings. The fourth-order valence-electron chi connectivity index (χ4n) is 3.61. The molecule has 1 saturated carbocycles. The van der Waals surface area contributed by atoms with E-state index >= 15 is 0 Å². The fourth-order valence-corrected chi connectivity index (χ4v) is 3.61. The van der Waals surface area contributed by atoms with Gasteiger partial charge in [-0.1, -0.05) is 30.2 Å². The molecule has 0 amide bonds. The molecule has 2 aliphatic carbocycles. The standard InChI is InChI=1S/C15H21N/c1-11-3-4-14-13(9-11)12(10-16)5-8-15(14)6-2-7-15/h3-4,9,12H,2,5-8,10,16H2,1H3. The molecule has 1 aromatic carbocycles. The van der Waals surface area contributed by atoms with E-state index in [-0.39, 0.29) is 0 Å². The minimum absolute atomic E-state index is 0.550. The number of fused-ring (bicyclic) bond motifs is 2. The fraction of sp³-hybridized carbons (Fsp3) is 0.600. The molecule has 86 valence electrons. The monoisotopic (exact) mass is 215 g/mol. The van der Waals surface area contributed by atoms with Crippen LogP contribution in [0.3, 0.4) is 0 Å². The lowest BCUT2D eigenvalue weighted by Crippen LogP contribution is -2.39. The normalized spacial score (nSPS) is 26.2. The summed E-state index contributed by atoms with van der Waals surface area (Å²) in [5.41, 5.74) is 11.0. The van der Waals surface area contributed by atoms with E-state index in [2.05, 4.69) is 25.1 Å². The summed E-state index contributed by atoms with van der Waals surface area (Å²) in [5.74, 6) is 0.612. The molecule has 16 heavy (non-hydrogen) atoms. The van der Waals surface area contributed by atoms with Crippen molar-refractivity contribution in [3.63, 3.8) is 0 Å². The average molecular weight is 215 g/mol. The molecule has 1 heteroatoms. The molecule has 2 N–H and O–H groups in total. The first-order chi connectivity index (χ1) is 7.75. The predicted molar refractivity (Wildman–Crippen MR) is 67.7 cm³/mol. The van der Waals surface area contributed by atoms with Crippen molar-refractivity contribution in [2.75, 3.05) is 6.54 Å². The minimum Gasteiger partial charge on any atom is -0.330 e. The maximum absolute atomic E-state index is 5.92. The topological polar surface area (TPSA) is 26.0 Å². The van der Waals surface area contributed by atoms with Crippen molar-refractivity contribution < 1.29 is 0 Å². The first kappa shape index (κ1) is 10.3. The van der Waals surface area contributed by atoms with Gasteiger partial charge in [0.15, 0.2) is 0 Å². The summed E-state index contributed by atoms with van der Waals surface area (Å²) in [6, 6.07) is 7.04. The molecule has 0 bridgehead atoms. The summed E-state index contributed by atoms with van der Waals surface area (Å²) in [6.07, 6.45) is 6.89. The Morgan fingerprint density at radius 1 is 1.31 bits per heavy atom. The SMILES string of the molecule is Cc1ccc2c(c1)C(CN)CCC21CCC1. The number of benzene rings is 1. The van der Waals surface area contributed by atoms with Gasteiger partial charge >= 0.3 is 0 Å². The smallest absolute Gasteiger partial charge is 0.000812 e. The summed E-state index contributed by atoms with van der Waals surface area (Å²) in [6.45, 7) is 3.00. The van der Waals surface area contributed by atoms with Crippen LogP contribution in [0.2, 0.25) is 0 Å². The van der Waals surface area contributed by atoms with E-state index in [1.807, 2.05) is 0 Å². The highest BCUT2D eigenvalue weighted by Crippen LogP contribution is 2.53. The molecule has 1 fully saturated rings. The first-order valence-corrected chi connectivity index (χ1v) is 6.56. The number of hydrogen-bond acceptors (Lipinski definition) is 1. The quantitative estimate of drug-likeness (QED) is 0.764. The molecule has 2 aliphatic rings. The van der Waals surface area contributed by atoms with E-state index in [0.717, 1.165) is 6.54 Å². The highest BCUT2D eigenvalue weighted by atomic mass is 14.6. The molecular formula is C15H21N. The van der Waals surface area contributed by atoms with Crippen molar-refractivity contribution in [3.05, 3.63) is 34.9 Å². The molecule has 0 aromatic heterocycles. The third-order valence-corrected chi connectivity index (χ3v) is 4.78. The molecular weight excluding hydrogens is 194 g/mol. The van der Waals surface area contributed by atoms with Crippen LogP contribution in [0.25, 0.3) is 0 Å². The van der Waals surface area contributed by atoms with Gasteiger partial charge in [0.2, 0.25) is 0 Å². The van der Waals surface area contributed by atoms with Crippen molar-refractivity contribution in [2.45, 2.75) is 50.4 Å². The lowest BCUT2D eigenvalue weighted by molar-refractivity contribution is 0.199. The summed E-state index contributed by atoms with van der Waals surface area (Å²) < 4.78 is 0. The highest BCUT2D eigenvalue weighted by molar-refractivity contribution is 5.43. The molecule has 0 aliphatic heterocycles. The maximum atomic E-state index is 5.92. The Bertz CT molecular complexity index is 404. The van der Waals surface area contributed by atoms with Crippen LogP contribution >= 0.6 is 0 Å². The van der Waals surface area contributed by atoms with E-state index in [9.17, 15) is 0 Å². The van der Waals surface area contributed by atoms with Crippen molar-refractivity contribution in [2.24, 2.45) is 5.73 Å². The zero-order valence-corrected chi connectivity index (χ0v) is 10.1. The molecule has 3 rings (SSSR count). The summed E-state index contributed by atoms with van der Waals surface area (Å²) >= 11 is 0. The Kier molecular flexibility index (Phi) is 2.32. The van der Waals surface area contributed by atoms with Crippen LogP contribution in [0.1, 0.15) is 54.7 Å². The number of hydrogen-bond donors (Lipinski definition) is 1. The summed E-state index contributed by atoms with van der Waals surface area (Å²) in [5, 5.41) is 0. The largest absolute Gasteiger partial charge is 0.330 e.